The zero-order valence-corrected chi connectivity index (χ0v) is 13.4. The molecule has 0 radical (unpaired) electrons. The van der Waals surface area contributed by atoms with Crippen LogP contribution in [0.2, 0.25) is 0 Å². The molecule has 4 nitrogen and oxygen atoms in total. The van der Waals surface area contributed by atoms with Crippen molar-refractivity contribution in [1.82, 2.24) is 4.98 Å². The molecule has 1 atom stereocenters. The highest BCUT2D eigenvalue weighted by Gasteiger charge is 2.40. The molecule has 1 aliphatic heterocycles. The molecule has 0 aliphatic carbocycles. The summed E-state index contributed by atoms with van der Waals surface area (Å²) in [5, 5.41) is 0. The Morgan fingerprint density at radius 3 is 2.48 bits per heavy atom. The molecule has 3 aromatic rings. The average Bonchev–Trinajstić information content (AvgIpc) is 3.06. The Labute approximate surface area is 144 Å². The Bertz CT molecular complexity index is 942. The first kappa shape index (κ1) is 15.3. The number of rotatable bonds is 3. The largest absolute Gasteiger partial charge is 0.462 e. The predicted octanol–water partition coefficient (Wildman–Crippen LogP) is 3.48. The first-order valence-electron chi connectivity index (χ1n) is 7.94. The second-order valence-electron chi connectivity index (χ2n) is 5.89. The third kappa shape index (κ3) is 2.63. The monoisotopic (exact) mass is 333 g/mol. The molecule has 0 saturated heterocycles. The topological polar surface area (TPSA) is 60.5 Å². The lowest BCUT2D eigenvalue weighted by Crippen LogP contribution is -2.27. The summed E-state index contributed by atoms with van der Waals surface area (Å²) in [7, 11) is 0. The molecular formula is C20H16FN3O. The van der Waals surface area contributed by atoms with Gasteiger partial charge in [0.1, 0.15) is 6.61 Å². The van der Waals surface area contributed by atoms with E-state index in [1.807, 2.05) is 54.6 Å². The zero-order valence-electron chi connectivity index (χ0n) is 13.4. The number of aromatic nitrogens is 1. The van der Waals surface area contributed by atoms with Crippen LogP contribution in [0.5, 0.6) is 0 Å². The van der Waals surface area contributed by atoms with Crippen molar-refractivity contribution in [3.63, 3.8) is 0 Å². The van der Waals surface area contributed by atoms with Gasteiger partial charge in [0.2, 0.25) is 5.95 Å². The molecule has 2 N–H and O–H groups in total. The van der Waals surface area contributed by atoms with Gasteiger partial charge in [-0.05, 0) is 34.9 Å². The van der Waals surface area contributed by atoms with Crippen molar-refractivity contribution in [1.29, 1.82) is 0 Å². The Morgan fingerprint density at radius 2 is 1.76 bits per heavy atom. The zero-order chi connectivity index (χ0) is 17.3. The molecule has 0 unspecified atom stereocenters. The van der Waals surface area contributed by atoms with E-state index in [9.17, 15) is 4.39 Å². The molecule has 1 aliphatic rings. The van der Waals surface area contributed by atoms with Crippen molar-refractivity contribution >= 4 is 6.02 Å². The minimum absolute atomic E-state index is 0.154. The maximum Gasteiger partial charge on any atom is 0.283 e. The van der Waals surface area contributed by atoms with E-state index < -0.39 is 11.5 Å². The lowest BCUT2D eigenvalue weighted by molar-refractivity contribution is 0.278. The standard InChI is InChI=1S/C20H16FN3O/c21-18-17(10-5-11-23-18)14-6-4-9-16(12-14)20(13-25-19(22)24-20)15-7-2-1-3-8-15/h1-12H,13H2,(H2,22,24)/t20-/m0/s1. The molecule has 0 saturated carbocycles. The number of nitrogens with two attached hydrogens (primary N) is 1. The van der Waals surface area contributed by atoms with Crippen LogP contribution in [0.25, 0.3) is 11.1 Å². The van der Waals surface area contributed by atoms with E-state index in [1.165, 1.54) is 6.20 Å². The van der Waals surface area contributed by atoms with Gasteiger partial charge in [0, 0.05) is 11.8 Å². The van der Waals surface area contributed by atoms with Crippen molar-refractivity contribution in [2.45, 2.75) is 5.54 Å². The van der Waals surface area contributed by atoms with Crippen LogP contribution in [-0.2, 0) is 10.3 Å². The van der Waals surface area contributed by atoms with Gasteiger partial charge in [-0.15, -0.1) is 0 Å². The number of aliphatic imine (C=N–C) groups is 1. The fraction of sp³-hybridized carbons (Fsp3) is 0.100. The summed E-state index contributed by atoms with van der Waals surface area (Å²) in [5.41, 5.74) is 8.12. The molecule has 0 spiro atoms. The predicted molar refractivity (Wildman–Crippen MR) is 94.4 cm³/mol. The van der Waals surface area contributed by atoms with Gasteiger partial charge in [0.25, 0.3) is 6.02 Å². The van der Waals surface area contributed by atoms with Crippen molar-refractivity contribution < 1.29 is 9.13 Å². The van der Waals surface area contributed by atoms with Gasteiger partial charge in [-0.2, -0.15) is 4.39 Å². The van der Waals surface area contributed by atoms with Crippen LogP contribution in [0.3, 0.4) is 0 Å². The molecule has 25 heavy (non-hydrogen) atoms. The molecule has 2 heterocycles. The van der Waals surface area contributed by atoms with Crippen LogP contribution in [0.15, 0.2) is 77.9 Å². The third-order valence-corrected chi connectivity index (χ3v) is 4.39. The highest BCUT2D eigenvalue weighted by molar-refractivity contribution is 5.75. The van der Waals surface area contributed by atoms with E-state index in [0.29, 0.717) is 12.2 Å². The first-order chi connectivity index (χ1) is 12.2. The van der Waals surface area contributed by atoms with Crippen LogP contribution in [0.4, 0.5) is 4.39 Å². The molecule has 0 fully saturated rings. The second-order valence-corrected chi connectivity index (χ2v) is 5.89. The summed E-state index contributed by atoms with van der Waals surface area (Å²) < 4.78 is 19.6. The smallest absolute Gasteiger partial charge is 0.283 e. The number of benzene rings is 2. The molecule has 1 aromatic heterocycles. The van der Waals surface area contributed by atoms with Crippen LogP contribution in [-0.4, -0.2) is 17.6 Å². The Hall–Kier alpha value is -3.21. The minimum atomic E-state index is -0.736. The maximum absolute atomic E-state index is 14.1. The van der Waals surface area contributed by atoms with Crippen LogP contribution in [0, 0.1) is 5.95 Å². The third-order valence-electron chi connectivity index (χ3n) is 4.39. The van der Waals surface area contributed by atoms with Gasteiger partial charge in [-0.1, -0.05) is 48.5 Å². The van der Waals surface area contributed by atoms with Crippen LogP contribution >= 0.6 is 0 Å². The van der Waals surface area contributed by atoms with Gasteiger partial charge >= 0.3 is 0 Å². The summed E-state index contributed by atoms with van der Waals surface area (Å²) in [4.78, 5) is 8.31. The van der Waals surface area contributed by atoms with Crippen molar-refractivity contribution in [2.24, 2.45) is 10.7 Å². The highest BCUT2D eigenvalue weighted by atomic mass is 19.1. The number of halogens is 1. The fourth-order valence-electron chi connectivity index (χ4n) is 3.15. The highest BCUT2D eigenvalue weighted by Crippen LogP contribution is 2.38. The van der Waals surface area contributed by atoms with E-state index in [-0.39, 0.29) is 6.02 Å². The number of hydrogen-bond acceptors (Lipinski definition) is 4. The number of hydrogen-bond donors (Lipinski definition) is 1. The Kier molecular flexibility index (Phi) is 3.69. The van der Waals surface area contributed by atoms with Crippen molar-refractivity contribution in [3.8, 4) is 11.1 Å². The van der Waals surface area contributed by atoms with E-state index in [2.05, 4.69) is 9.98 Å². The maximum atomic E-state index is 14.1. The number of pyridine rings is 1. The van der Waals surface area contributed by atoms with E-state index in [0.717, 1.165) is 16.7 Å². The van der Waals surface area contributed by atoms with Crippen LogP contribution < -0.4 is 5.73 Å². The van der Waals surface area contributed by atoms with Crippen LogP contribution in [0.1, 0.15) is 11.1 Å². The van der Waals surface area contributed by atoms with E-state index in [4.69, 9.17) is 10.5 Å². The molecule has 2 aromatic carbocycles. The van der Waals surface area contributed by atoms with Gasteiger partial charge < -0.3 is 10.5 Å². The summed E-state index contributed by atoms with van der Waals surface area (Å²) in [6, 6.07) is 21.0. The number of ether oxygens (including phenoxy) is 1. The average molecular weight is 333 g/mol. The summed E-state index contributed by atoms with van der Waals surface area (Å²) in [6.45, 7) is 0.307. The van der Waals surface area contributed by atoms with Crippen molar-refractivity contribution in [3.05, 3.63) is 90.0 Å². The van der Waals surface area contributed by atoms with Gasteiger partial charge in [0.05, 0.1) is 0 Å². The Morgan fingerprint density at radius 1 is 0.960 bits per heavy atom. The number of nitrogens with zero attached hydrogens (tertiary/aromatic N) is 2. The van der Waals surface area contributed by atoms with Gasteiger partial charge in [0.15, 0.2) is 5.54 Å². The van der Waals surface area contributed by atoms with E-state index in [1.54, 1.807) is 12.1 Å². The van der Waals surface area contributed by atoms with Gasteiger partial charge in [-0.25, -0.2) is 9.98 Å². The first-order valence-corrected chi connectivity index (χ1v) is 7.94. The quantitative estimate of drug-likeness (QED) is 0.747. The summed E-state index contributed by atoms with van der Waals surface area (Å²) in [6.07, 6.45) is 1.43. The lowest BCUT2D eigenvalue weighted by atomic mass is 9.83. The molecule has 124 valence electrons. The molecule has 0 amide bonds. The van der Waals surface area contributed by atoms with Crippen molar-refractivity contribution in [2.75, 3.05) is 6.61 Å². The molecule has 5 heteroatoms. The lowest BCUT2D eigenvalue weighted by Gasteiger charge is -2.25. The normalized spacial score (nSPS) is 19.3. The SMILES string of the molecule is NC1=N[C@@](c2ccccc2)(c2cccc(-c3cccnc3F)c2)CO1. The number of amidine groups is 1. The fourth-order valence-corrected chi connectivity index (χ4v) is 3.15. The van der Waals surface area contributed by atoms with E-state index >= 15 is 0 Å². The molecular weight excluding hydrogens is 317 g/mol. The Balaban J connectivity index is 1.88. The van der Waals surface area contributed by atoms with Gasteiger partial charge in [-0.3, -0.25) is 0 Å². The minimum Gasteiger partial charge on any atom is -0.462 e. The summed E-state index contributed by atoms with van der Waals surface area (Å²) in [5.74, 6) is -0.501. The molecule has 0 bridgehead atoms. The second kappa shape index (κ2) is 6.02. The summed E-state index contributed by atoms with van der Waals surface area (Å²) >= 11 is 0. The molecule has 4 rings (SSSR count).